The molecule has 3 rings (SSSR count). The summed E-state index contributed by atoms with van der Waals surface area (Å²) < 4.78 is 10.3. The predicted octanol–water partition coefficient (Wildman–Crippen LogP) is 2.19. The van der Waals surface area contributed by atoms with Gasteiger partial charge in [-0.15, -0.1) is 0 Å². The van der Waals surface area contributed by atoms with Crippen molar-refractivity contribution in [1.29, 1.82) is 0 Å². The SMILES string of the molecule is COC(=O)c1cccc(-c2ccc(C=Cc3[nH]c(=O)[nH]c(=O)c3[N+](=O)[O-])o2)c1. The van der Waals surface area contributed by atoms with E-state index < -0.39 is 27.8 Å². The number of esters is 1. The average Bonchev–Trinajstić information content (AvgIpc) is 3.14. The van der Waals surface area contributed by atoms with Gasteiger partial charge in [-0.25, -0.2) is 9.59 Å². The molecule has 2 aromatic heterocycles. The van der Waals surface area contributed by atoms with E-state index in [0.717, 1.165) is 0 Å². The number of carbonyl (C=O) groups excluding carboxylic acids is 1. The van der Waals surface area contributed by atoms with Crippen molar-refractivity contribution in [1.82, 2.24) is 9.97 Å². The number of methoxy groups -OCH3 is 1. The molecule has 0 bridgehead atoms. The van der Waals surface area contributed by atoms with Crippen molar-refractivity contribution in [3.63, 3.8) is 0 Å². The summed E-state index contributed by atoms with van der Waals surface area (Å²) in [6.45, 7) is 0. The number of rotatable bonds is 5. The average molecular weight is 383 g/mol. The molecule has 0 amide bonds. The molecule has 2 N–H and O–H groups in total. The Bertz CT molecular complexity index is 1200. The van der Waals surface area contributed by atoms with Crippen molar-refractivity contribution in [3.05, 3.63) is 84.4 Å². The number of H-pyrrole nitrogens is 2. The zero-order valence-corrected chi connectivity index (χ0v) is 14.4. The minimum Gasteiger partial charge on any atom is -0.465 e. The lowest BCUT2D eigenvalue weighted by Crippen LogP contribution is -2.25. The number of nitro groups is 1. The first kappa shape index (κ1) is 18.6. The number of furan rings is 1. The van der Waals surface area contributed by atoms with Crippen molar-refractivity contribution in [3.8, 4) is 11.3 Å². The van der Waals surface area contributed by atoms with Crippen LogP contribution >= 0.6 is 0 Å². The van der Waals surface area contributed by atoms with E-state index in [0.29, 0.717) is 22.6 Å². The molecule has 28 heavy (non-hydrogen) atoms. The topological polar surface area (TPSA) is 148 Å². The first-order valence-electron chi connectivity index (χ1n) is 7.86. The maximum Gasteiger partial charge on any atom is 0.357 e. The Morgan fingerprint density at radius 3 is 2.68 bits per heavy atom. The number of hydrogen-bond acceptors (Lipinski definition) is 7. The van der Waals surface area contributed by atoms with Crippen molar-refractivity contribution < 1.29 is 18.9 Å². The van der Waals surface area contributed by atoms with Gasteiger partial charge in [-0.2, -0.15) is 0 Å². The standard InChI is InChI=1S/C18H13N3O7/c1-27-17(23)11-4-2-3-10(9-11)14-8-6-12(28-14)5-7-13-15(21(25)26)16(22)20-18(24)19-13/h2-9H,1H3,(H2,19,20,22,24). The number of aromatic amines is 2. The second kappa shape index (κ2) is 7.58. The monoisotopic (exact) mass is 383 g/mol. The third-order valence-electron chi connectivity index (χ3n) is 3.74. The number of hydrogen-bond donors (Lipinski definition) is 2. The summed E-state index contributed by atoms with van der Waals surface area (Å²) in [5, 5.41) is 11.0. The molecule has 3 aromatic rings. The van der Waals surface area contributed by atoms with Gasteiger partial charge in [0.25, 0.3) is 0 Å². The van der Waals surface area contributed by atoms with Crippen LogP contribution in [0, 0.1) is 10.1 Å². The van der Waals surface area contributed by atoms with Gasteiger partial charge < -0.3 is 14.1 Å². The Hall–Kier alpha value is -4.21. The molecule has 142 valence electrons. The molecule has 0 unspecified atom stereocenters. The van der Waals surface area contributed by atoms with Crippen LogP contribution in [0.4, 0.5) is 5.69 Å². The number of ether oxygens (including phenoxy) is 1. The van der Waals surface area contributed by atoms with Gasteiger partial charge in [0.05, 0.1) is 17.6 Å². The second-order valence-corrected chi connectivity index (χ2v) is 5.54. The third kappa shape index (κ3) is 3.80. The van der Waals surface area contributed by atoms with Crippen molar-refractivity contribution in [2.75, 3.05) is 7.11 Å². The fourth-order valence-electron chi connectivity index (χ4n) is 2.48. The summed E-state index contributed by atoms with van der Waals surface area (Å²) in [6.07, 6.45) is 2.56. The summed E-state index contributed by atoms with van der Waals surface area (Å²) in [7, 11) is 1.28. The van der Waals surface area contributed by atoms with Crippen LogP contribution in [0.15, 0.2) is 50.4 Å². The van der Waals surface area contributed by atoms with E-state index in [1.165, 1.54) is 19.3 Å². The van der Waals surface area contributed by atoms with E-state index >= 15 is 0 Å². The van der Waals surface area contributed by atoms with Crippen LogP contribution < -0.4 is 11.2 Å². The summed E-state index contributed by atoms with van der Waals surface area (Å²) in [6, 6.07) is 9.83. The summed E-state index contributed by atoms with van der Waals surface area (Å²) in [5.74, 6) is 0.271. The van der Waals surface area contributed by atoms with E-state index in [1.54, 1.807) is 41.4 Å². The number of carbonyl (C=O) groups is 1. The van der Waals surface area contributed by atoms with Gasteiger partial charge in [0, 0.05) is 5.56 Å². The van der Waals surface area contributed by atoms with Gasteiger partial charge in [-0.3, -0.25) is 19.9 Å². The predicted molar refractivity (Wildman–Crippen MR) is 98.7 cm³/mol. The highest BCUT2D eigenvalue weighted by Crippen LogP contribution is 2.24. The second-order valence-electron chi connectivity index (χ2n) is 5.54. The molecule has 0 saturated heterocycles. The normalized spacial score (nSPS) is 10.9. The zero-order chi connectivity index (χ0) is 20.3. The highest BCUT2D eigenvalue weighted by atomic mass is 16.6. The van der Waals surface area contributed by atoms with E-state index in [1.807, 2.05) is 0 Å². The number of benzene rings is 1. The van der Waals surface area contributed by atoms with Crippen molar-refractivity contribution >= 4 is 23.8 Å². The Balaban J connectivity index is 1.93. The molecule has 0 fully saturated rings. The van der Waals surface area contributed by atoms with Gasteiger partial charge in [0.15, 0.2) is 0 Å². The maximum absolute atomic E-state index is 11.6. The highest BCUT2D eigenvalue weighted by molar-refractivity contribution is 5.90. The lowest BCUT2D eigenvalue weighted by atomic mass is 10.1. The molecule has 0 aliphatic rings. The molecule has 10 heteroatoms. The van der Waals surface area contributed by atoms with Crippen LogP contribution in [0.2, 0.25) is 0 Å². The van der Waals surface area contributed by atoms with E-state index in [-0.39, 0.29) is 5.69 Å². The summed E-state index contributed by atoms with van der Waals surface area (Å²) in [5.41, 5.74) is -2.04. The molecule has 0 spiro atoms. The number of aromatic nitrogens is 2. The third-order valence-corrected chi connectivity index (χ3v) is 3.74. The van der Waals surface area contributed by atoms with Gasteiger partial charge in [-0.05, 0) is 36.4 Å². The fourth-order valence-corrected chi connectivity index (χ4v) is 2.48. The van der Waals surface area contributed by atoms with Gasteiger partial charge in [-0.1, -0.05) is 12.1 Å². The molecule has 10 nitrogen and oxygen atoms in total. The molecule has 0 atom stereocenters. The largest absolute Gasteiger partial charge is 0.465 e. The van der Waals surface area contributed by atoms with Gasteiger partial charge in [0.1, 0.15) is 17.2 Å². The van der Waals surface area contributed by atoms with E-state index in [4.69, 9.17) is 4.42 Å². The highest BCUT2D eigenvalue weighted by Gasteiger charge is 2.19. The molecular weight excluding hydrogens is 370 g/mol. The van der Waals surface area contributed by atoms with Crippen LogP contribution in [0.1, 0.15) is 21.8 Å². The first-order chi connectivity index (χ1) is 13.4. The molecule has 1 aromatic carbocycles. The fraction of sp³-hybridized carbons (Fsp3) is 0.0556. The Morgan fingerprint density at radius 2 is 1.96 bits per heavy atom. The summed E-state index contributed by atoms with van der Waals surface area (Å²) >= 11 is 0. The van der Waals surface area contributed by atoms with E-state index in [9.17, 15) is 24.5 Å². The number of nitrogens with one attached hydrogen (secondary N) is 2. The van der Waals surface area contributed by atoms with Crippen molar-refractivity contribution in [2.24, 2.45) is 0 Å². The zero-order valence-electron chi connectivity index (χ0n) is 14.4. The van der Waals surface area contributed by atoms with E-state index in [2.05, 4.69) is 9.72 Å². The van der Waals surface area contributed by atoms with Gasteiger partial charge in [0.2, 0.25) is 0 Å². The molecule has 0 aliphatic heterocycles. The van der Waals surface area contributed by atoms with Crippen LogP contribution in [-0.2, 0) is 4.74 Å². The molecule has 0 saturated carbocycles. The number of nitrogens with zero attached hydrogens (tertiary/aromatic N) is 1. The molecule has 0 radical (unpaired) electrons. The Morgan fingerprint density at radius 1 is 1.18 bits per heavy atom. The van der Waals surface area contributed by atoms with Gasteiger partial charge >= 0.3 is 22.9 Å². The molecule has 0 aliphatic carbocycles. The molecule has 2 heterocycles. The minimum absolute atomic E-state index is 0.260. The minimum atomic E-state index is -1.10. The molecular formula is C18H13N3O7. The smallest absolute Gasteiger partial charge is 0.357 e. The lowest BCUT2D eigenvalue weighted by Gasteiger charge is -2.01. The first-order valence-corrected chi connectivity index (χ1v) is 7.86. The maximum atomic E-state index is 11.6. The Labute approximate surface area is 156 Å². The van der Waals surface area contributed by atoms with Crippen LogP contribution in [0.5, 0.6) is 0 Å². The Kier molecular flexibility index (Phi) is 5.03. The summed E-state index contributed by atoms with van der Waals surface area (Å²) in [4.78, 5) is 48.7. The lowest BCUT2D eigenvalue weighted by molar-refractivity contribution is -0.386. The van der Waals surface area contributed by atoms with Crippen molar-refractivity contribution in [2.45, 2.75) is 0 Å². The van der Waals surface area contributed by atoms with Crippen LogP contribution in [0.3, 0.4) is 0 Å². The van der Waals surface area contributed by atoms with Crippen LogP contribution in [-0.4, -0.2) is 28.0 Å². The van der Waals surface area contributed by atoms with Crippen LogP contribution in [0.25, 0.3) is 23.5 Å². The quantitative estimate of drug-likeness (QED) is 0.390.